The van der Waals surface area contributed by atoms with Crippen LogP contribution in [-0.2, 0) is 5.75 Å². The summed E-state index contributed by atoms with van der Waals surface area (Å²) >= 11 is 1.56. The Morgan fingerprint density at radius 3 is 2.60 bits per heavy atom. The Labute approximate surface area is 149 Å². The fourth-order valence-electron chi connectivity index (χ4n) is 2.84. The normalized spacial score (nSPS) is 14.2. The molecule has 124 valence electrons. The molecule has 0 aliphatic heterocycles. The second-order valence-electron chi connectivity index (χ2n) is 6.14. The van der Waals surface area contributed by atoms with Crippen molar-refractivity contribution in [2.75, 3.05) is 0 Å². The molecule has 1 saturated carbocycles. The average Bonchev–Trinajstić information content (AvgIpc) is 3.27. The highest BCUT2D eigenvalue weighted by atomic mass is 32.2. The lowest BCUT2D eigenvalue weighted by Crippen LogP contribution is -2.01. The quantitative estimate of drug-likeness (QED) is 0.494. The molecule has 0 N–H and O–H groups in total. The van der Waals surface area contributed by atoms with Gasteiger partial charge in [-0.3, -0.25) is 0 Å². The summed E-state index contributed by atoms with van der Waals surface area (Å²) in [5, 5.41) is 5.48. The van der Waals surface area contributed by atoms with E-state index in [1.807, 2.05) is 47.1 Å². The summed E-state index contributed by atoms with van der Waals surface area (Å²) in [7, 11) is 0. The van der Waals surface area contributed by atoms with E-state index in [0.29, 0.717) is 17.6 Å². The monoisotopic (exact) mass is 348 g/mol. The molecular formula is C19H16N4OS. The predicted molar refractivity (Wildman–Crippen MR) is 96.9 cm³/mol. The van der Waals surface area contributed by atoms with Gasteiger partial charge in [-0.1, -0.05) is 42.1 Å². The second-order valence-corrected chi connectivity index (χ2v) is 7.08. The number of para-hydroxylation sites is 3. The van der Waals surface area contributed by atoms with Gasteiger partial charge in [-0.05, 0) is 37.1 Å². The van der Waals surface area contributed by atoms with Crippen LogP contribution in [-0.4, -0.2) is 19.7 Å². The largest absolute Gasteiger partial charge is 0.440 e. The molecule has 1 aliphatic carbocycles. The fraction of sp³-hybridized carbons (Fsp3) is 0.211. The molecule has 0 radical (unpaired) electrons. The zero-order valence-electron chi connectivity index (χ0n) is 13.5. The summed E-state index contributed by atoms with van der Waals surface area (Å²) in [6.45, 7) is 0. The van der Waals surface area contributed by atoms with E-state index in [1.165, 1.54) is 12.8 Å². The maximum absolute atomic E-state index is 5.78. The zero-order chi connectivity index (χ0) is 16.6. The molecule has 1 fully saturated rings. The molecule has 5 rings (SSSR count). The number of hydrogen-bond donors (Lipinski definition) is 0. The van der Waals surface area contributed by atoms with Crippen LogP contribution in [0.15, 0.2) is 64.2 Å². The molecule has 2 heterocycles. The van der Waals surface area contributed by atoms with E-state index in [-0.39, 0.29) is 0 Å². The first-order valence-electron chi connectivity index (χ1n) is 8.36. The van der Waals surface area contributed by atoms with Crippen molar-refractivity contribution in [3.8, 4) is 5.69 Å². The molecule has 4 aromatic rings. The van der Waals surface area contributed by atoms with Gasteiger partial charge >= 0.3 is 0 Å². The van der Waals surface area contributed by atoms with Gasteiger partial charge in [-0.2, -0.15) is 0 Å². The number of nitrogens with zero attached hydrogens (tertiary/aromatic N) is 4. The fourth-order valence-corrected chi connectivity index (χ4v) is 3.51. The molecule has 0 saturated heterocycles. The first-order chi connectivity index (χ1) is 12.4. The standard InChI is InChI=1S/C19H16N4OS/c1-2-6-14(7-3-1)23-18(13-10-11-13)21-19(22-23)25-12-17-20-15-8-4-5-9-16(15)24-17/h1-9,13H,10-12H2. The van der Waals surface area contributed by atoms with Crippen LogP contribution in [0.25, 0.3) is 16.8 Å². The topological polar surface area (TPSA) is 56.7 Å². The van der Waals surface area contributed by atoms with Crippen LogP contribution in [0.5, 0.6) is 0 Å². The van der Waals surface area contributed by atoms with Gasteiger partial charge in [0.15, 0.2) is 5.58 Å². The van der Waals surface area contributed by atoms with Crippen LogP contribution < -0.4 is 0 Å². The lowest BCUT2D eigenvalue weighted by molar-refractivity contribution is 0.556. The highest BCUT2D eigenvalue weighted by Crippen LogP contribution is 2.40. The third kappa shape index (κ3) is 2.93. The molecule has 0 spiro atoms. The van der Waals surface area contributed by atoms with Crippen LogP contribution in [0, 0.1) is 0 Å². The third-order valence-corrected chi connectivity index (χ3v) is 5.04. The van der Waals surface area contributed by atoms with E-state index in [9.17, 15) is 0 Å². The number of fused-ring (bicyclic) bond motifs is 1. The van der Waals surface area contributed by atoms with Crippen molar-refractivity contribution >= 4 is 22.9 Å². The molecule has 0 bridgehead atoms. The summed E-state index contributed by atoms with van der Waals surface area (Å²) in [6, 6.07) is 18.0. The number of oxazole rings is 1. The van der Waals surface area contributed by atoms with Gasteiger partial charge in [0.05, 0.1) is 11.4 Å². The van der Waals surface area contributed by atoms with Crippen molar-refractivity contribution in [1.82, 2.24) is 19.7 Å². The number of benzene rings is 2. The van der Waals surface area contributed by atoms with Gasteiger partial charge in [-0.15, -0.1) is 5.10 Å². The van der Waals surface area contributed by atoms with Crippen LogP contribution >= 0.6 is 11.8 Å². The molecule has 2 aromatic carbocycles. The van der Waals surface area contributed by atoms with Crippen molar-refractivity contribution < 1.29 is 4.42 Å². The van der Waals surface area contributed by atoms with Crippen molar-refractivity contribution in [3.63, 3.8) is 0 Å². The molecule has 1 aliphatic rings. The minimum atomic E-state index is 0.534. The summed E-state index contributed by atoms with van der Waals surface area (Å²) in [5.41, 5.74) is 2.77. The first kappa shape index (κ1) is 14.7. The first-order valence-corrected chi connectivity index (χ1v) is 9.35. The van der Waals surface area contributed by atoms with Crippen LogP contribution in [0.3, 0.4) is 0 Å². The average molecular weight is 348 g/mol. The molecular weight excluding hydrogens is 332 g/mol. The number of rotatable bonds is 5. The molecule has 0 amide bonds. The van der Waals surface area contributed by atoms with Crippen LogP contribution in [0.4, 0.5) is 0 Å². The van der Waals surface area contributed by atoms with Gasteiger partial charge in [0.2, 0.25) is 11.0 Å². The number of thioether (sulfide) groups is 1. The van der Waals surface area contributed by atoms with E-state index < -0.39 is 0 Å². The minimum absolute atomic E-state index is 0.534. The molecule has 2 aromatic heterocycles. The van der Waals surface area contributed by atoms with Crippen LogP contribution in [0.2, 0.25) is 0 Å². The lowest BCUT2D eigenvalue weighted by atomic mass is 10.3. The lowest BCUT2D eigenvalue weighted by Gasteiger charge is -2.03. The van der Waals surface area contributed by atoms with E-state index >= 15 is 0 Å². The van der Waals surface area contributed by atoms with Crippen molar-refractivity contribution in [2.45, 2.75) is 29.7 Å². The Morgan fingerprint density at radius 2 is 1.80 bits per heavy atom. The van der Waals surface area contributed by atoms with E-state index in [2.05, 4.69) is 17.1 Å². The van der Waals surface area contributed by atoms with Gasteiger partial charge < -0.3 is 4.42 Å². The summed E-state index contributed by atoms with van der Waals surface area (Å²) in [6.07, 6.45) is 2.39. The Morgan fingerprint density at radius 1 is 1.00 bits per heavy atom. The molecule has 25 heavy (non-hydrogen) atoms. The predicted octanol–water partition coefficient (Wildman–Crippen LogP) is 4.58. The smallest absolute Gasteiger partial charge is 0.209 e. The third-order valence-electron chi connectivity index (χ3n) is 4.22. The van der Waals surface area contributed by atoms with E-state index in [0.717, 1.165) is 27.8 Å². The number of aromatic nitrogens is 4. The summed E-state index contributed by atoms with van der Waals surface area (Å²) < 4.78 is 7.76. The highest BCUT2D eigenvalue weighted by molar-refractivity contribution is 7.98. The maximum Gasteiger partial charge on any atom is 0.209 e. The van der Waals surface area contributed by atoms with Gasteiger partial charge in [0, 0.05) is 5.92 Å². The molecule has 0 unspecified atom stereocenters. The number of hydrogen-bond acceptors (Lipinski definition) is 5. The van der Waals surface area contributed by atoms with Crippen LogP contribution in [0.1, 0.15) is 30.5 Å². The Bertz CT molecular complexity index is 987. The van der Waals surface area contributed by atoms with Gasteiger partial charge in [-0.25, -0.2) is 14.6 Å². The van der Waals surface area contributed by atoms with Crippen molar-refractivity contribution in [3.05, 3.63) is 66.3 Å². The Balaban J connectivity index is 1.40. The SMILES string of the molecule is c1ccc(-n2nc(SCc3nc4ccccc4o3)nc2C2CC2)cc1. The highest BCUT2D eigenvalue weighted by Gasteiger charge is 2.30. The van der Waals surface area contributed by atoms with Gasteiger partial charge in [0.25, 0.3) is 0 Å². The summed E-state index contributed by atoms with van der Waals surface area (Å²) in [4.78, 5) is 9.28. The Hall–Kier alpha value is -2.60. The van der Waals surface area contributed by atoms with Crippen molar-refractivity contribution in [1.29, 1.82) is 0 Å². The van der Waals surface area contributed by atoms with E-state index in [4.69, 9.17) is 14.5 Å². The summed E-state index contributed by atoms with van der Waals surface area (Å²) in [5.74, 6) is 2.92. The van der Waals surface area contributed by atoms with E-state index in [1.54, 1.807) is 11.8 Å². The van der Waals surface area contributed by atoms with Crippen molar-refractivity contribution in [2.24, 2.45) is 0 Å². The van der Waals surface area contributed by atoms with Gasteiger partial charge in [0.1, 0.15) is 11.3 Å². The maximum atomic E-state index is 5.78. The molecule has 0 atom stereocenters. The minimum Gasteiger partial charge on any atom is -0.440 e. The molecule has 5 nitrogen and oxygen atoms in total. The Kier molecular flexibility index (Phi) is 3.56. The zero-order valence-corrected chi connectivity index (χ0v) is 14.3. The molecule has 6 heteroatoms. The second kappa shape index (κ2) is 6.04.